The van der Waals surface area contributed by atoms with Crippen molar-refractivity contribution in [1.29, 1.82) is 0 Å². The molecule has 0 saturated carbocycles. The van der Waals surface area contributed by atoms with E-state index in [-0.39, 0.29) is 18.0 Å². The van der Waals surface area contributed by atoms with E-state index in [1.54, 1.807) is 6.92 Å². The Balaban J connectivity index is 1.57. The second kappa shape index (κ2) is 13.8. The minimum atomic E-state index is -0.848. The number of ketones is 1. The van der Waals surface area contributed by atoms with Gasteiger partial charge in [0.25, 0.3) is 0 Å². The lowest BCUT2D eigenvalue weighted by atomic mass is 9.85. The molecule has 1 fully saturated rings. The van der Waals surface area contributed by atoms with E-state index < -0.39 is 5.60 Å². The van der Waals surface area contributed by atoms with Gasteiger partial charge in [-0.2, -0.15) is 0 Å². The first-order chi connectivity index (χ1) is 17.0. The number of hydrogen-bond acceptors (Lipinski definition) is 7. The Labute approximate surface area is 209 Å². The molecule has 196 valence electrons. The first kappa shape index (κ1) is 27.5. The summed E-state index contributed by atoms with van der Waals surface area (Å²) in [7, 11) is 0. The van der Waals surface area contributed by atoms with Gasteiger partial charge >= 0.3 is 5.97 Å². The zero-order valence-corrected chi connectivity index (χ0v) is 21.7. The van der Waals surface area contributed by atoms with Crippen LogP contribution in [0.2, 0.25) is 0 Å². The normalized spacial score (nSPS) is 21.8. The fourth-order valence-corrected chi connectivity index (χ4v) is 4.63. The highest BCUT2D eigenvalue weighted by Crippen LogP contribution is 2.41. The minimum Gasteiger partial charge on any atom is -0.493 e. The van der Waals surface area contributed by atoms with Gasteiger partial charge in [0.15, 0.2) is 17.7 Å². The average Bonchev–Trinajstić information content (AvgIpc) is 2.85. The van der Waals surface area contributed by atoms with Crippen molar-refractivity contribution in [3.63, 3.8) is 0 Å². The molecule has 1 aromatic carbocycles. The SMILES string of the molecule is CCCc1c(OCCCC(=O)OCC)ccc2c1OC(C)(CCCCOC1CCCCO1)C(=O)C2. The Morgan fingerprint density at radius 3 is 2.74 bits per heavy atom. The van der Waals surface area contributed by atoms with Crippen LogP contribution < -0.4 is 9.47 Å². The number of carbonyl (C=O) groups is 2. The van der Waals surface area contributed by atoms with E-state index in [2.05, 4.69) is 6.92 Å². The maximum atomic E-state index is 13.0. The molecule has 0 bridgehead atoms. The van der Waals surface area contributed by atoms with Gasteiger partial charge < -0.3 is 23.7 Å². The highest BCUT2D eigenvalue weighted by molar-refractivity contribution is 5.91. The van der Waals surface area contributed by atoms with Crippen molar-refractivity contribution in [2.75, 3.05) is 26.4 Å². The van der Waals surface area contributed by atoms with Crippen LogP contribution in [0.15, 0.2) is 12.1 Å². The number of unbranched alkanes of at least 4 members (excludes halogenated alkanes) is 1. The third-order valence-corrected chi connectivity index (χ3v) is 6.65. The maximum Gasteiger partial charge on any atom is 0.305 e. The van der Waals surface area contributed by atoms with E-state index in [9.17, 15) is 9.59 Å². The van der Waals surface area contributed by atoms with Gasteiger partial charge in [0.1, 0.15) is 11.5 Å². The number of hydrogen-bond donors (Lipinski definition) is 0. The van der Waals surface area contributed by atoms with Gasteiger partial charge in [-0.25, -0.2) is 0 Å². The highest BCUT2D eigenvalue weighted by atomic mass is 16.7. The molecule has 7 nitrogen and oxygen atoms in total. The molecule has 1 aromatic rings. The molecule has 0 radical (unpaired) electrons. The second-order valence-corrected chi connectivity index (χ2v) is 9.59. The molecule has 2 aliphatic rings. The van der Waals surface area contributed by atoms with Gasteiger partial charge in [0.2, 0.25) is 0 Å². The molecule has 2 atom stereocenters. The number of esters is 1. The lowest BCUT2D eigenvalue weighted by molar-refractivity contribution is -0.163. The van der Waals surface area contributed by atoms with Crippen LogP contribution in [0, 0.1) is 0 Å². The van der Waals surface area contributed by atoms with Gasteiger partial charge in [0, 0.05) is 37.2 Å². The lowest BCUT2D eigenvalue weighted by Crippen LogP contribution is -2.46. The van der Waals surface area contributed by atoms with Gasteiger partial charge in [0.05, 0.1) is 13.2 Å². The zero-order chi connectivity index (χ0) is 25.1. The van der Waals surface area contributed by atoms with E-state index in [1.165, 1.54) is 0 Å². The summed E-state index contributed by atoms with van der Waals surface area (Å²) in [6.45, 7) is 8.06. The van der Waals surface area contributed by atoms with Crippen LogP contribution in [0.3, 0.4) is 0 Å². The van der Waals surface area contributed by atoms with E-state index in [0.717, 1.165) is 74.2 Å². The predicted molar refractivity (Wildman–Crippen MR) is 133 cm³/mol. The fraction of sp³-hybridized carbons (Fsp3) is 0.714. The molecule has 7 heteroatoms. The van der Waals surface area contributed by atoms with E-state index in [0.29, 0.717) is 45.5 Å². The standard InChI is InChI=1S/C28H42O7/c1-4-11-22-23(32-19-10-12-25(30)31-5-2)15-14-21-20-24(29)28(3,35-27(21)22)16-7-9-18-34-26-13-6-8-17-33-26/h14-15,26H,4-13,16-20H2,1-3H3. The third kappa shape index (κ3) is 7.94. The van der Waals surface area contributed by atoms with Crippen LogP contribution in [0.5, 0.6) is 11.5 Å². The summed E-state index contributed by atoms with van der Waals surface area (Å²) >= 11 is 0. The third-order valence-electron chi connectivity index (χ3n) is 6.65. The molecule has 3 rings (SSSR count). The van der Waals surface area contributed by atoms with E-state index in [4.69, 9.17) is 23.7 Å². The molecule has 35 heavy (non-hydrogen) atoms. The first-order valence-corrected chi connectivity index (χ1v) is 13.4. The summed E-state index contributed by atoms with van der Waals surface area (Å²) in [5.74, 6) is 1.48. The quantitative estimate of drug-likeness (QED) is 0.257. The number of Topliss-reactive ketones (excluding diaryl/α,β-unsaturated/α-hetero) is 1. The van der Waals surface area contributed by atoms with Gasteiger partial charge in [-0.3, -0.25) is 9.59 Å². The Hall–Kier alpha value is -2.12. The molecule has 0 aliphatic carbocycles. The predicted octanol–water partition coefficient (Wildman–Crippen LogP) is 5.34. The molecule has 0 N–H and O–H groups in total. The number of benzene rings is 1. The van der Waals surface area contributed by atoms with Gasteiger partial charge in [-0.1, -0.05) is 19.4 Å². The molecule has 2 unspecified atom stereocenters. The Morgan fingerprint density at radius 2 is 2.00 bits per heavy atom. The van der Waals surface area contributed by atoms with Crippen molar-refractivity contribution < 1.29 is 33.3 Å². The number of rotatable bonds is 14. The summed E-state index contributed by atoms with van der Waals surface area (Å²) in [5, 5.41) is 0. The van der Waals surface area contributed by atoms with Gasteiger partial charge in [-0.15, -0.1) is 0 Å². The van der Waals surface area contributed by atoms with E-state index in [1.807, 2.05) is 19.1 Å². The largest absolute Gasteiger partial charge is 0.493 e. The van der Waals surface area contributed by atoms with Crippen LogP contribution in [-0.4, -0.2) is 50.1 Å². The van der Waals surface area contributed by atoms with Gasteiger partial charge in [-0.05, 0) is 71.3 Å². The topological polar surface area (TPSA) is 80.3 Å². The molecule has 1 saturated heterocycles. The van der Waals surface area contributed by atoms with Crippen LogP contribution >= 0.6 is 0 Å². The first-order valence-electron chi connectivity index (χ1n) is 13.4. The Bertz CT molecular complexity index is 831. The number of fused-ring (bicyclic) bond motifs is 1. The molecule has 0 amide bonds. The van der Waals surface area contributed by atoms with Crippen molar-refractivity contribution in [3.05, 3.63) is 23.3 Å². The van der Waals surface area contributed by atoms with Crippen LogP contribution in [0.1, 0.15) is 89.7 Å². The molecular formula is C28H42O7. The average molecular weight is 491 g/mol. The van der Waals surface area contributed by atoms with Crippen molar-refractivity contribution in [3.8, 4) is 11.5 Å². The Morgan fingerprint density at radius 1 is 1.14 bits per heavy atom. The van der Waals surface area contributed by atoms with Crippen molar-refractivity contribution in [2.45, 2.75) is 103 Å². The molecular weight excluding hydrogens is 448 g/mol. The van der Waals surface area contributed by atoms with E-state index >= 15 is 0 Å². The second-order valence-electron chi connectivity index (χ2n) is 9.59. The molecule has 2 aliphatic heterocycles. The van der Waals surface area contributed by atoms with Crippen molar-refractivity contribution >= 4 is 11.8 Å². The number of ether oxygens (including phenoxy) is 5. The van der Waals surface area contributed by atoms with Crippen LogP contribution in [0.25, 0.3) is 0 Å². The lowest BCUT2D eigenvalue weighted by Gasteiger charge is -2.36. The zero-order valence-electron chi connectivity index (χ0n) is 21.7. The summed E-state index contributed by atoms with van der Waals surface area (Å²) < 4.78 is 28.9. The summed E-state index contributed by atoms with van der Waals surface area (Å²) in [5.41, 5.74) is 1.09. The maximum absolute atomic E-state index is 13.0. The highest BCUT2D eigenvalue weighted by Gasteiger charge is 2.40. The van der Waals surface area contributed by atoms with Crippen LogP contribution in [0.4, 0.5) is 0 Å². The monoisotopic (exact) mass is 490 g/mol. The fourth-order valence-electron chi connectivity index (χ4n) is 4.63. The molecule has 0 spiro atoms. The minimum absolute atomic E-state index is 0.0777. The molecule has 2 heterocycles. The summed E-state index contributed by atoms with van der Waals surface area (Å²) in [4.78, 5) is 24.6. The van der Waals surface area contributed by atoms with Crippen molar-refractivity contribution in [1.82, 2.24) is 0 Å². The number of carbonyl (C=O) groups excluding carboxylic acids is 2. The summed E-state index contributed by atoms with van der Waals surface area (Å²) in [6.07, 6.45) is 8.54. The molecule has 0 aromatic heterocycles. The van der Waals surface area contributed by atoms with Crippen LogP contribution in [-0.2, 0) is 36.6 Å². The Kier molecular flexibility index (Phi) is 10.9. The smallest absolute Gasteiger partial charge is 0.305 e. The van der Waals surface area contributed by atoms with Crippen molar-refractivity contribution in [2.24, 2.45) is 0 Å². The summed E-state index contributed by atoms with van der Waals surface area (Å²) in [6, 6.07) is 3.86.